The lowest BCUT2D eigenvalue weighted by molar-refractivity contribution is -0.116. The molecule has 4 aromatic rings. The molecular weight excluding hydrogens is 380 g/mol. The zero-order chi connectivity index (χ0) is 20.9. The zero-order valence-electron chi connectivity index (χ0n) is 16.9. The third-order valence-electron chi connectivity index (χ3n) is 4.76. The Morgan fingerprint density at radius 2 is 1.73 bits per heavy atom. The first-order valence-electron chi connectivity index (χ1n) is 9.86. The minimum atomic E-state index is -0.214. The quantitative estimate of drug-likeness (QED) is 0.476. The Hall–Kier alpha value is -3.74. The van der Waals surface area contributed by atoms with Crippen LogP contribution in [0.5, 0.6) is 0 Å². The predicted molar refractivity (Wildman–Crippen MR) is 113 cm³/mol. The summed E-state index contributed by atoms with van der Waals surface area (Å²) < 4.78 is 10.9. The van der Waals surface area contributed by atoms with Crippen molar-refractivity contribution in [3.63, 3.8) is 0 Å². The minimum Gasteiger partial charge on any atom is -0.421 e. The predicted octanol–water partition coefficient (Wildman–Crippen LogP) is 4.83. The third kappa shape index (κ3) is 4.63. The summed E-state index contributed by atoms with van der Waals surface area (Å²) in [6.07, 6.45) is 1.51. The molecule has 0 unspecified atom stereocenters. The molecule has 7 nitrogen and oxygen atoms in total. The fourth-order valence-corrected chi connectivity index (χ4v) is 2.97. The number of aryl methyl sites for hydroxylation is 3. The van der Waals surface area contributed by atoms with E-state index in [1.165, 1.54) is 5.56 Å². The van der Waals surface area contributed by atoms with Crippen LogP contribution in [0, 0.1) is 6.92 Å². The lowest BCUT2D eigenvalue weighted by Crippen LogP contribution is -2.11. The van der Waals surface area contributed by atoms with Gasteiger partial charge in [0.2, 0.25) is 23.6 Å². The Kier molecular flexibility index (Phi) is 5.70. The smallest absolute Gasteiger partial charge is 0.247 e. The van der Waals surface area contributed by atoms with Crippen molar-refractivity contribution in [2.45, 2.75) is 33.1 Å². The Labute approximate surface area is 174 Å². The van der Waals surface area contributed by atoms with Crippen LogP contribution in [0.25, 0.3) is 22.7 Å². The van der Waals surface area contributed by atoms with E-state index in [1.807, 2.05) is 43.3 Å². The summed E-state index contributed by atoms with van der Waals surface area (Å²) in [5.74, 6) is 0.948. The largest absolute Gasteiger partial charge is 0.421 e. The average molecular weight is 402 g/mol. The SMILES string of the molecule is CCc1ccc(-c2cc(NC(=O)CCc3nnc(-c4ccc(C)cc4)o3)on2)cc1. The topological polar surface area (TPSA) is 94.1 Å². The number of nitrogens with one attached hydrogen (secondary N) is 1. The molecule has 0 fully saturated rings. The van der Waals surface area contributed by atoms with E-state index in [9.17, 15) is 4.79 Å². The molecule has 0 atom stereocenters. The first kappa shape index (κ1) is 19.6. The van der Waals surface area contributed by atoms with Gasteiger partial charge in [-0.1, -0.05) is 54.0 Å². The summed E-state index contributed by atoms with van der Waals surface area (Å²) in [6, 6.07) is 17.6. The molecular formula is C23H22N4O3. The average Bonchev–Trinajstić information content (AvgIpc) is 3.43. The molecule has 1 N–H and O–H groups in total. The molecule has 0 bridgehead atoms. The molecule has 0 saturated heterocycles. The van der Waals surface area contributed by atoms with Crippen molar-refractivity contribution >= 4 is 11.8 Å². The second kappa shape index (κ2) is 8.73. The number of benzene rings is 2. The number of nitrogens with zero attached hydrogens (tertiary/aromatic N) is 3. The number of amides is 1. The highest BCUT2D eigenvalue weighted by atomic mass is 16.5. The molecule has 0 aliphatic rings. The molecule has 1 amide bonds. The highest BCUT2D eigenvalue weighted by Crippen LogP contribution is 2.23. The highest BCUT2D eigenvalue weighted by Gasteiger charge is 2.13. The van der Waals surface area contributed by atoms with Crippen molar-refractivity contribution in [2.24, 2.45) is 0 Å². The van der Waals surface area contributed by atoms with E-state index in [2.05, 4.69) is 39.7 Å². The molecule has 0 radical (unpaired) electrons. The summed E-state index contributed by atoms with van der Waals surface area (Å²) in [4.78, 5) is 12.2. The Morgan fingerprint density at radius 3 is 2.47 bits per heavy atom. The minimum absolute atomic E-state index is 0.191. The first-order chi connectivity index (χ1) is 14.6. The van der Waals surface area contributed by atoms with Crippen LogP contribution in [-0.2, 0) is 17.6 Å². The van der Waals surface area contributed by atoms with Crippen LogP contribution in [-0.4, -0.2) is 21.3 Å². The van der Waals surface area contributed by atoms with Crippen LogP contribution in [0.2, 0.25) is 0 Å². The van der Waals surface area contributed by atoms with Crippen molar-refractivity contribution in [3.05, 3.63) is 71.6 Å². The van der Waals surface area contributed by atoms with Crippen LogP contribution < -0.4 is 5.32 Å². The van der Waals surface area contributed by atoms with Crippen molar-refractivity contribution in [3.8, 4) is 22.7 Å². The second-order valence-corrected chi connectivity index (χ2v) is 7.04. The van der Waals surface area contributed by atoms with Crippen LogP contribution in [0.3, 0.4) is 0 Å². The summed E-state index contributed by atoms with van der Waals surface area (Å²) >= 11 is 0. The van der Waals surface area contributed by atoms with Gasteiger partial charge in [-0.3, -0.25) is 10.1 Å². The lowest BCUT2D eigenvalue weighted by Gasteiger charge is -1.99. The Balaban J connectivity index is 1.32. The van der Waals surface area contributed by atoms with Crippen molar-refractivity contribution in [2.75, 3.05) is 5.32 Å². The zero-order valence-corrected chi connectivity index (χ0v) is 16.9. The number of hydrogen-bond donors (Lipinski definition) is 1. The molecule has 7 heteroatoms. The van der Waals surface area contributed by atoms with Gasteiger partial charge in [0.1, 0.15) is 5.69 Å². The van der Waals surface area contributed by atoms with Gasteiger partial charge in [0.05, 0.1) is 0 Å². The molecule has 4 rings (SSSR count). The maximum Gasteiger partial charge on any atom is 0.247 e. The van der Waals surface area contributed by atoms with Crippen LogP contribution in [0.15, 0.2) is 63.5 Å². The van der Waals surface area contributed by atoms with Crippen LogP contribution in [0.1, 0.15) is 30.4 Å². The first-order valence-corrected chi connectivity index (χ1v) is 9.86. The van der Waals surface area contributed by atoms with Gasteiger partial charge in [0.15, 0.2) is 0 Å². The van der Waals surface area contributed by atoms with E-state index in [-0.39, 0.29) is 12.3 Å². The second-order valence-electron chi connectivity index (χ2n) is 7.04. The Bertz CT molecular complexity index is 1130. The summed E-state index contributed by atoms with van der Waals surface area (Å²) in [5, 5.41) is 14.8. The van der Waals surface area contributed by atoms with E-state index in [0.717, 1.165) is 23.1 Å². The van der Waals surface area contributed by atoms with E-state index in [4.69, 9.17) is 8.94 Å². The molecule has 30 heavy (non-hydrogen) atoms. The van der Waals surface area contributed by atoms with Crippen molar-refractivity contribution in [1.82, 2.24) is 15.4 Å². The Morgan fingerprint density at radius 1 is 1.00 bits per heavy atom. The molecule has 152 valence electrons. The van der Waals surface area contributed by atoms with Crippen LogP contribution in [0.4, 0.5) is 5.88 Å². The number of carbonyl (C=O) groups excluding carboxylic acids is 1. The van der Waals surface area contributed by atoms with Crippen molar-refractivity contribution < 1.29 is 13.7 Å². The van der Waals surface area contributed by atoms with Gasteiger partial charge < -0.3 is 8.94 Å². The molecule has 2 aromatic carbocycles. The van der Waals surface area contributed by atoms with Crippen molar-refractivity contribution in [1.29, 1.82) is 0 Å². The van der Waals surface area contributed by atoms with Gasteiger partial charge in [-0.15, -0.1) is 10.2 Å². The number of anilines is 1. The number of aromatic nitrogens is 3. The molecule has 0 aliphatic carbocycles. The monoisotopic (exact) mass is 402 g/mol. The summed E-state index contributed by atoms with van der Waals surface area (Å²) in [6.45, 7) is 4.12. The van der Waals surface area contributed by atoms with Gasteiger partial charge in [0.25, 0.3) is 0 Å². The van der Waals surface area contributed by atoms with Gasteiger partial charge in [0, 0.05) is 30.0 Å². The lowest BCUT2D eigenvalue weighted by atomic mass is 10.1. The normalized spacial score (nSPS) is 10.9. The van der Waals surface area contributed by atoms with Crippen LogP contribution >= 0.6 is 0 Å². The summed E-state index contributed by atoms with van der Waals surface area (Å²) in [7, 11) is 0. The number of hydrogen-bond acceptors (Lipinski definition) is 6. The number of rotatable bonds is 7. The maximum absolute atomic E-state index is 12.2. The highest BCUT2D eigenvalue weighted by molar-refractivity contribution is 5.89. The van der Waals surface area contributed by atoms with Gasteiger partial charge in [-0.25, -0.2) is 0 Å². The van der Waals surface area contributed by atoms with Gasteiger partial charge in [-0.05, 0) is 31.0 Å². The van der Waals surface area contributed by atoms with E-state index < -0.39 is 0 Å². The number of carbonyl (C=O) groups is 1. The van der Waals surface area contributed by atoms with E-state index >= 15 is 0 Å². The standard InChI is InChI=1S/C23H22N4O3/c1-3-16-6-10-17(11-7-16)19-14-22(30-27-19)24-20(28)12-13-21-25-26-23(29-21)18-8-4-15(2)5-9-18/h4-11,14H,3,12-13H2,1-2H3,(H,24,28). The third-order valence-corrected chi connectivity index (χ3v) is 4.76. The molecule has 0 aliphatic heterocycles. The molecule has 0 spiro atoms. The van der Waals surface area contributed by atoms with E-state index in [0.29, 0.717) is 29.8 Å². The summed E-state index contributed by atoms with van der Waals surface area (Å²) in [5.41, 5.74) is 4.87. The molecule has 2 aromatic heterocycles. The van der Waals surface area contributed by atoms with Gasteiger partial charge >= 0.3 is 0 Å². The molecule has 2 heterocycles. The van der Waals surface area contributed by atoms with Gasteiger partial charge in [-0.2, -0.15) is 0 Å². The van der Waals surface area contributed by atoms with E-state index in [1.54, 1.807) is 6.07 Å². The fourth-order valence-electron chi connectivity index (χ4n) is 2.97. The molecule has 0 saturated carbocycles. The maximum atomic E-state index is 12.2. The fraction of sp³-hybridized carbons (Fsp3) is 0.217.